The molecule has 0 spiro atoms. The van der Waals surface area contributed by atoms with E-state index in [4.69, 9.17) is 9.05 Å². The fraction of sp³-hybridized carbons (Fsp3) is 0.400. The Morgan fingerprint density at radius 2 is 1.56 bits per heavy atom. The molecule has 1 unspecified atom stereocenters. The SMILES string of the molecule is CCOP(=O)(OCC)C(c1ccccc1)N1CCc2ccccc2C1. The van der Waals surface area contributed by atoms with Gasteiger partial charge in [-0.15, -0.1) is 0 Å². The van der Waals surface area contributed by atoms with Gasteiger partial charge < -0.3 is 9.05 Å². The van der Waals surface area contributed by atoms with Gasteiger partial charge >= 0.3 is 7.60 Å². The maximum Gasteiger partial charge on any atom is 0.352 e. The molecule has 134 valence electrons. The minimum atomic E-state index is -3.31. The highest BCUT2D eigenvalue weighted by atomic mass is 31.2. The third kappa shape index (κ3) is 4.04. The minimum absolute atomic E-state index is 0.366. The first-order chi connectivity index (χ1) is 12.2. The highest BCUT2D eigenvalue weighted by molar-refractivity contribution is 7.54. The summed E-state index contributed by atoms with van der Waals surface area (Å²) in [6.07, 6.45) is 0.942. The normalized spacial score (nSPS) is 16.4. The van der Waals surface area contributed by atoms with Gasteiger partial charge in [-0.05, 0) is 37.0 Å². The number of nitrogens with zero attached hydrogens (tertiary/aromatic N) is 1. The van der Waals surface area contributed by atoms with Gasteiger partial charge in [0.2, 0.25) is 0 Å². The zero-order valence-corrected chi connectivity index (χ0v) is 15.8. The lowest BCUT2D eigenvalue weighted by Gasteiger charge is -2.38. The minimum Gasteiger partial charge on any atom is -0.308 e. The summed E-state index contributed by atoms with van der Waals surface area (Å²) in [6, 6.07) is 18.4. The molecule has 1 aliphatic heterocycles. The molecule has 0 N–H and O–H groups in total. The van der Waals surface area contributed by atoms with Crippen LogP contribution >= 0.6 is 7.60 Å². The van der Waals surface area contributed by atoms with E-state index in [9.17, 15) is 4.57 Å². The van der Waals surface area contributed by atoms with Crippen molar-refractivity contribution in [2.75, 3.05) is 19.8 Å². The van der Waals surface area contributed by atoms with Crippen LogP contribution in [0.4, 0.5) is 0 Å². The van der Waals surface area contributed by atoms with Crippen LogP contribution in [-0.4, -0.2) is 24.7 Å². The zero-order valence-electron chi connectivity index (χ0n) is 14.9. The first-order valence-electron chi connectivity index (χ1n) is 8.92. The Hall–Kier alpha value is -1.45. The number of benzene rings is 2. The fourth-order valence-corrected chi connectivity index (χ4v) is 5.69. The summed E-state index contributed by atoms with van der Waals surface area (Å²) < 4.78 is 25.1. The van der Waals surface area contributed by atoms with E-state index in [1.807, 2.05) is 44.2 Å². The van der Waals surface area contributed by atoms with Crippen molar-refractivity contribution in [2.45, 2.75) is 32.6 Å². The first-order valence-corrected chi connectivity index (χ1v) is 10.5. The summed E-state index contributed by atoms with van der Waals surface area (Å²) in [7, 11) is -3.31. The van der Waals surface area contributed by atoms with Crippen molar-refractivity contribution < 1.29 is 13.6 Å². The summed E-state index contributed by atoms with van der Waals surface area (Å²) in [5.41, 5.74) is 3.63. The van der Waals surface area contributed by atoms with Crippen molar-refractivity contribution in [2.24, 2.45) is 0 Å². The Morgan fingerprint density at radius 3 is 2.20 bits per heavy atom. The molecule has 0 amide bonds. The Morgan fingerprint density at radius 1 is 0.960 bits per heavy atom. The van der Waals surface area contributed by atoms with Crippen LogP contribution in [0.15, 0.2) is 54.6 Å². The van der Waals surface area contributed by atoms with Crippen LogP contribution < -0.4 is 0 Å². The third-order valence-corrected chi connectivity index (χ3v) is 6.98. The Balaban J connectivity index is 1.99. The largest absolute Gasteiger partial charge is 0.352 e. The van der Waals surface area contributed by atoms with E-state index < -0.39 is 7.60 Å². The van der Waals surface area contributed by atoms with Crippen molar-refractivity contribution >= 4 is 7.60 Å². The average molecular weight is 359 g/mol. The Kier molecular flexibility index (Phi) is 6.08. The van der Waals surface area contributed by atoms with Gasteiger partial charge in [-0.2, -0.15) is 0 Å². The Bertz CT molecular complexity index is 725. The van der Waals surface area contributed by atoms with Crippen LogP contribution in [0.25, 0.3) is 0 Å². The zero-order chi connectivity index (χ0) is 17.7. The number of hydrogen-bond donors (Lipinski definition) is 0. The second-order valence-electron chi connectivity index (χ2n) is 6.15. The molecule has 0 saturated carbocycles. The molecule has 0 saturated heterocycles. The molecule has 2 aromatic rings. The summed E-state index contributed by atoms with van der Waals surface area (Å²) in [4.78, 5) is 2.24. The number of rotatable bonds is 7. The topological polar surface area (TPSA) is 38.8 Å². The summed E-state index contributed by atoms with van der Waals surface area (Å²) in [5.74, 6) is -0.387. The van der Waals surface area contributed by atoms with E-state index in [0.29, 0.717) is 13.2 Å². The third-order valence-electron chi connectivity index (χ3n) is 4.52. The van der Waals surface area contributed by atoms with Gasteiger partial charge in [0.15, 0.2) is 0 Å². The van der Waals surface area contributed by atoms with Crippen LogP contribution in [0, 0.1) is 0 Å². The van der Waals surface area contributed by atoms with Crippen LogP contribution in [0.2, 0.25) is 0 Å². The maximum absolute atomic E-state index is 13.6. The van der Waals surface area contributed by atoms with E-state index in [0.717, 1.165) is 25.1 Å². The van der Waals surface area contributed by atoms with Gasteiger partial charge in [-0.25, -0.2) is 0 Å². The summed E-state index contributed by atoms with van der Waals surface area (Å²) >= 11 is 0. The van der Waals surface area contributed by atoms with Crippen LogP contribution in [0.1, 0.15) is 36.3 Å². The second kappa shape index (κ2) is 8.29. The van der Waals surface area contributed by atoms with Gasteiger partial charge in [-0.1, -0.05) is 54.6 Å². The molecule has 25 heavy (non-hydrogen) atoms. The van der Waals surface area contributed by atoms with Crippen LogP contribution in [-0.2, 0) is 26.6 Å². The highest BCUT2D eigenvalue weighted by Gasteiger charge is 2.41. The summed E-state index contributed by atoms with van der Waals surface area (Å²) in [5, 5.41) is 0. The van der Waals surface area contributed by atoms with Crippen molar-refractivity contribution in [1.29, 1.82) is 0 Å². The van der Waals surface area contributed by atoms with E-state index in [1.54, 1.807) is 0 Å². The lowest BCUT2D eigenvalue weighted by molar-refractivity contribution is 0.154. The average Bonchev–Trinajstić information content (AvgIpc) is 2.63. The molecular formula is C20H26NO3P. The van der Waals surface area contributed by atoms with E-state index in [-0.39, 0.29) is 5.78 Å². The van der Waals surface area contributed by atoms with Gasteiger partial charge in [0.05, 0.1) is 13.2 Å². The van der Waals surface area contributed by atoms with Crippen molar-refractivity contribution in [1.82, 2.24) is 4.90 Å². The van der Waals surface area contributed by atoms with Gasteiger partial charge in [0, 0.05) is 13.1 Å². The quantitative estimate of drug-likeness (QED) is 0.652. The standard InChI is InChI=1S/C20H26NO3P/c1-3-23-25(22,24-4-2)20(18-11-6-5-7-12-18)21-15-14-17-10-8-9-13-19(17)16-21/h5-13,20H,3-4,14-16H2,1-2H3. The van der Waals surface area contributed by atoms with Crippen LogP contribution in [0.5, 0.6) is 0 Å². The van der Waals surface area contributed by atoms with E-state index >= 15 is 0 Å². The predicted octanol–water partition coefficient (Wildman–Crippen LogP) is 5.01. The molecule has 0 radical (unpaired) electrons. The summed E-state index contributed by atoms with van der Waals surface area (Å²) in [6.45, 7) is 6.04. The molecule has 4 nitrogen and oxygen atoms in total. The highest BCUT2D eigenvalue weighted by Crippen LogP contribution is 2.62. The molecule has 1 aliphatic rings. The lowest BCUT2D eigenvalue weighted by Crippen LogP contribution is -2.35. The van der Waals surface area contributed by atoms with Gasteiger partial charge in [-0.3, -0.25) is 9.46 Å². The molecule has 3 rings (SSSR count). The molecule has 0 fully saturated rings. The predicted molar refractivity (Wildman–Crippen MR) is 101 cm³/mol. The second-order valence-corrected chi connectivity index (χ2v) is 8.23. The van der Waals surface area contributed by atoms with Crippen molar-refractivity contribution in [3.05, 3.63) is 71.3 Å². The van der Waals surface area contributed by atoms with Gasteiger partial charge in [0.1, 0.15) is 5.78 Å². The molecule has 0 aromatic heterocycles. The maximum atomic E-state index is 13.6. The molecule has 0 bridgehead atoms. The van der Waals surface area contributed by atoms with E-state index in [2.05, 4.69) is 29.2 Å². The smallest absolute Gasteiger partial charge is 0.308 e. The molecule has 1 heterocycles. The lowest BCUT2D eigenvalue weighted by atomic mass is 9.99. The van der Waals surface area contributed by atoms with Crippen LogP contribution in [0.3, 0.4) is 0 Å². The van der Waals surface area contributed by atoms with Gasteiger partial charge in [0.25, 0.3) is 0 Å². The monoisotopic (exact) mass is 359 g/mol. The molecule has 2 aromatic carbocycles. The number of hydrogen-bond acceptors (Lipinski definition) is 4. The first kappa shape index (κ1) is 18.3. The number of fused-ring (bicyclic) bond motifs is 1. The van der Waals surface area contributed by atoms with E-state index in [1.165, 1.54) is 11.1 Å². The van der Waals surface area contributed by atoms with Crippen molar-refractivity contribution in [3.63, 3.8) is 0 Å². The molecule has 5 heteroatoms. The van der Waals surface area contributed by atoms with Crippen molar-refractivity contribution in [3.8, 4) is 0 Å². The molecule has 0 aliphatic carbocycles. The molecule has 1 atom stereocenters. The molecular weight excluding hydrogens is 333 g/mol. The Labute approximate surface area is 150 Å². The fourth-order valence-electron chi connectivity index (χ4n) is 3.48.